The van der Waals surface area contributed by atoms with Crippen LogP contribution in [0.2, 0.25) is 0 Å². The molecule has 0 fully saturated rings. The smallest absolute Gasteiger partial charge is 0.239 e. The average Bonchev–Trinajstić information content (AvgIpc) is 2.14. The standard InChI is InChI=1S/C11H22N2O/c1-6-13(5)11(14)10(4)12-8-7-9(2)3/h10,12H,2,6-8H2,1,3-5H3. The number of hydrogen-bond donors (Lipinski definition) is 1. The number of nitrogens with zero attached hydrogens (tertiary/aromatic N) is 1. The Kier molecular flexibility index (Phi) is 6.21. The predicted molar refractivity (Wildman–Crippen MR) is 60.2 cm³/mol. The van der Waals surface area contributed by atoms with Gasteiger partial charge in [-0.15, -0.1) is 6.58 Å². The summed E-state index contributed by atoms with van der Waals surface area (Å²) in [7, 11) is 1.82. The van der Waals surface area contributed by atoms with Gasteiger partial charge in [0, 0.05) is 13.6 Å². The van der Waals surface area contributed by atoms with Gasteiger partial charge in [-0.25, -0.2) is 0 Å². The Labute approximate surface area is 87.2 Å². The molecule has 1 amide bonds. The third-order valence-corrected chi connectivity index (χ3v) is 2.22. The summed E-state index contributed by atoms with van der Waals surface area (Å²) in [6.07, 6.45) is 0.924. The molecule has 0 spiro atoms. The van der Waals surface area contributed by atoms with Crippen LogP contribution in [0.5, 0.6) is 0 Å². The molecule has 0 aliphatic carbocycles. The van der Waals surface area contributed by atoms with Crippen LogP contribution in [-0.2, 0) is 4.79 Å². The highest BCUT2D eigenvalue weighted by molar-refractivity contribution is 5.81. The molecule has 0 saturated carbocycles. The fourth-order valence-corrected chi connectivity index (χ4v) is 1.08. The first-order valence-corrected chi connectivity index (χ1v) is 5.11. The molecule has 0 aromatic heterocycles. The van der Waals surface area contributed by atoms with Crippen LogP contribution in [0.25, 0.3) is 0 Å². The van der Waals surface area contributed by atoms with Gasteiger partial charge in [0.15, 0.2) is 0 Å². The molecule has 1 N–H and O–H groups in total. The van der Waals surface area contributed by atoms with Crippen molar-refractivity contribution in [1.82, 2.24) is 10.2 Å². The molecule has 3 heteroatoms. The molecule has 0 aromatic rings. The minimum Gasteiger partial charge on any atom is -0.345 e. The maximum absolute atomic E-state index is 11.6. The van der Waals surface area contributed by atoms with Gasteiger partial charge in [0.25, 0.3) is 0 Å². The summed E-state index contributed by atoms with van der Waals surface area (Å²) < 4.78 is 0. The Morgan fingerprint density at radius 2 is 2.14 bits per heavy atom. The van der Waals surface area contributed by atoms with Crippen molar-refractivity contribution in [3.05, 3.63) is 12.2 Å². The van der Waals surface area contributed by atoms with Crippen LogP contribution in [0.1, 0.15) is 27.2 Å². The van der Waals surface area contributed by atoms with Gasteiger partial charge in [0.2, 0.25) is 5.91 Å². The lowest BCUT2D eigenvalue weighted by Gasteiger charge is -2.20. The first kappa shape index (κ1) is 13.2. The monoisotopic (exact) mass is 198 g/mol. The van der Waals surface area contributed by atoms with E-state index in [0.717, 1.165) is 25.1 Å². The molecule has 0 aromatic carbocycles. The first-order chi connectivity index (χ1) is 6.49. The van der Waals surface area contributed by atoms with Crippen molar-refractivity contribution in [1.29, 1.82) is 0 Å². The van der Waals surface area contributed by atoms with E-state index in [1.54, 1.807) is 4.90 Å². The molecule has 0 bridgehead atoms. The topological polar surface area (TPSA) is 32.3 Å². The summed E-state index contributed by atoms with van der Waals surface area (Å²) in [4.78, 5) is 13.3. The molecule has 82 valence electrons. The van der Waals surface area contributed by atoms with Crippen LogP contribution >= 0.6 is 0 Å². The summed E-state index contributed by atoms with van der Waals surface area (Å²) in [5, 5.41) is 3.18. The van der Waals surface area contributed by atoms with E-state index in [9.17, 15) is 4.79 Å². The molecule has 0 aliphatic rings. The summed E-state index contributed by atoms with van der Waals surface area (Å²) in [6.45, 7) is 11.2. The zero-order valence-electron chi connectivity index (χ0n) is 9.76. The highest BCUT2D eigenvalue weighted by Crippen LogP contribution is 1.95. The maximum Gasteiger partial charge on any atom is 0.239 e. The number of carbonyl (C=O) groups is 1. The Bertz CT molecular complexity index is 201. The number of hydrogen-bond acceptors (Lipinski definition) is 2. The van der Waals surface area contributed by atoms with Gasteiger partial charge in [0.1, 0.15) is 0 Å². The molecule has 0 aliphatic heterocycles. The van der Waals surface area contributed by atoms with Gasteiger partial charge in [-0.2, -0.15) is 0 Å². The van der Waals surface area contributed by atoms with E-state index in [1.165, 1.54) is 0 Å². The molecule has 1 atom stereocenters. The number of rotatable bonds is 6. The third-order valence-electron chi connectivity index (χ3n) is 2.22. The lowest BCUT2D eigenvalue weighted by molar-refractivity contribution is -0.131. The van der Waals surface area contributed by atoms with E-state index in [-0.39, 0.29) is 11.9 Å². The molecule has 14 heavy (non-hydrogen) atoms. The number of amides is 1. The van der Waals surface area contributed by atoms with E-state index in [2.05, 4.69) is 11.9 Å². The molecule has 0 saturated heterocycles. The van der Waals surface area contributed by atoms with Crippen LogP contribution in [0.4, 0.5) is 0 Å². The minimum atomic E-state index is -0.0979. The van der Waals surface area contributed by atoms with Gasteiger partial charge >= 0.3 is 0 Å². The number of carbonyl (C=O) groups excluding carboxylic acids is 1. The minimum absolute atomic E-state index is 0.0979. The van der Waals surface area contributed by atoms with Gasteiger partial charge in [-0.3, -0.25) is 4.79 Å². The van der Waals surface area contributed by atoms with Crippen molar-refractivity contribution in [2.24, 2.45) is 0 Å². The number of likely N-dealkylation sites (N-methyl/N-ethyl adjacent to an activating group) is 1. The van der Waals surface area contributed by atoms with Crippen LogP contribution in [-0.4, -0.2) is 37.0 Å². The summed E-state index contributed by atoms with van der Waals surface area (Å²) >= 11 is 0. The van der Waals surface area contributed by atoms with Crippen molar-refractivity contribution in [2.75, 3.05) is 20.1 Å². The van der Waals surface area contributed by atoms with Crippen LogP contribution in [0, 0.1) is 0 Å². The van der Waals surface area contributed by atoms with Gasteiger partial charge in [-0.05, 0) is 33.7 Å². The second-order valence-corrected chi connectivity index (χ2v) is 3.74. The van der Waals surface area contributed by atoms with E-state index >= 15 is 0 Å². The number of nitrogens with one attached hydrogen (secondary N) is 1. The highest BCUT2D eigenvalue weighted by Gasteiger charge is 2.14. The van der Waals surface area contributed by atoms with Gasteiger partial charge in [0.05, 0.1) is 6.04 Å². The fourth-order valence-electron chi connectivity index (χ4n) is 1.08. The van der Waals surface area contributed by atoms with Crippen LogP contribution in [0.3, 0.4) is 0 Å². The molecule has 0 radical (unpaired) electrons. The SMILES string of the molecule is C=C(C)CCNC(C)C(=O)N(C)CC. The fraction of sp³-hybridized carbons (Fsp3) is 0.727. The molecule has 0 rings (SSSR count). The van der Waals surface area contributed by atoms with Crippen LogP contribution < -0.4 is 5.32 Å². The van der Waals surface area contributed by atoms with Crippen molar-refractivity contribution in [3.8, 4) is 0 Å². The van der Waals surface area contributed by atoms with E-state index in [4.69, 9.17) is 0 Å². The maximum atomic E-state index is 11.6. The van der Waals surface area contributed by atoms with Crippen molar-refractivity contribution >= 4 is 5.91 Å². The normalized spacial score (nSPS) is 12.3. The Morgan fingerprint density at radius 3 is 2.57 bits per heavy atom. The van der Waals surface area contributed by atoms with Gasteiger partial charge < -0.3 is 10.2 Å². The third kappa shape index (κ3) is 5.02. The Morgan fingerprint density at radius 1 is 1.57 bits per heavy atom. The molecular formula is C11H22N2O. The summed E-state index contributed by atoms with van der Waals surface area (Å²) in [5.74, 6) is 0.147. The molecule has 1 unspecified atom stereocenters. The summed E-state index contributed by atoms with van der Waals surface area (Å²) in [5.41, 5.74) is 1.14. The van der Waals surface area contributed by atoms with Crippen molar-refractivity contribution in [2.45, 2.75) is 33.2 Å². The first-order valence-electron chi connectivity index (χ1n) is 5.11. The lowest BCUT2D eigenvalue weighted by Crippen LogP contribution is -2.43. The molecule has 0 heterocycles. The zero-order chi connectivity index (χ0) is 11.1. The second-order valence-electron chi connectivity index (χ2n) is 3.74. The van der Waals surface area contributed by atoms with Crippen LogP contribution in [0.15, 0.2) is 12.2 Å². The Balaban J connectivity index is 3.78. The summed E-state index contributed by atoms with van der Waals surface area (Å²) in [6, 6.07) is -0.0979. The quantitative estimate of drug-likeness (QED) is 0.654. The molecule has 3 nitrogen and oxygen atoms in total. The van der Waals surface area contributed by atoms with E-state index in [1.807, 2.05) is 27.8 Å². The highest BCUT2D eigenvalue weighted by atomic mass is 16.2. The molecular weight excluding hydrogens is 176 g/mol. The largest absolute Gasteiger partial charge is 0.345 e. The van der Waals surface area contributed by atoms with E-state index < -0.39 is 0 Å². The average molecular weight is 198 g/mol. The van der Waals surface area contributed by atoms with E-state index in [0.29, 0.717) is 0 Å². The predicted octanol–water partition coefficient (Wildman–Crippen LogP) is 1.41. The van der Waals surface area contributed by atoms with Crippen molar-refractivity contribution < 1.29 is 4.79 Å². The van der Waals surface area contributed by atoms with Gasteiger partial charge in [-0.1, -0.05) is 5.57 Å². The lowest BCUT2D eigenvalue weighted by atomic mass is 10.2. The second kappa shape index (κ2) is 6.60. The zero-order valence-corrected chi connectivity index (χ0v) is 9.76. The van der Waals surface area contributed by atoms with Crippen molar-refractivity contribution in [3.63, 3.8) is 0 Å². The Hall–Kier alpha value is -0.830.